The lowest BCUT2D eigenvalue weighted by atomic mass is 9.97. The van der Waals surface area contributed by atoms with Crippen LogP contribution in [0.4, 0.5) is 5.69 Å². The molecule has 102 valence electrons. The third-order valence-corrected chi connectivity index (χ3v) is 3.72. The first kappa shape index (κ1) is 14.8. The summed E-state index contributed by atoms with van der Waals surface area (Å²) in [6, 6.07) is 19.8. The molecule has 2 aromatic carbocycles. The van der Waals surface area contributed by atoms with Crippen molar-refractivity contribution in [3.63, 3.8) is 0 Å². The molecule has 0 spiro atoms. The third-order valence-electron chi connectivity index (χ3n) is 3.05. The second kappa shape index (κ2) is 7.24. The average molecular weight is 377 g/mol. The molecule has 3 heteroatoms. The van der Waals surface area contributed by atoms with Crippen molar-refractivity contribution in [1.82, 2.24) is 0 Å². The van der Waals surface area contributed by atoms with Crippen LogP contribution in [0.5, 0.6) is 0 Å². The summed E-state index contributed by atoms with van der Waals surface area (Å²) in [6.07, 6.45) is 0. The number of para-hydroxylation sites is 1. The molecule has 20 heavy (non-hydrogen) atoms. The maximum absolute atomic E-state index is 11.9. The number of halogens is 1. The van der Waals surface area contributed by atoms with Gasteiger partial charge in [0, 0.05) is 11.3 Å². The Bertz CT molecular complexity index is 593. The molecule has 0 aliphatic heterocycles. The Morgan fingerprint density at radius 2 is 1.60 bits per heavy atom. The Kier molecular flexibility index (Phi) is 5.35. The van der Waals surface area contributed by atoms with Crippen molar-refractivity contribution >= 4 is 34.1 Å². The van der Waals surface area contributed by atoms with Crippen molar-refractivity contribution in [1.29, 1.82) is 0 Å². The molecule has 1 N–H and O–H groups in total. The van der Waals surface area contributed by atoms with Crippen molar-refractivity contribution in [3.05, 3.63) is 75.9 Å². The molecule has 0 aliphatic rings. The Morgan fingerprint density at radius 3 is 2.10 bits per heavy atom. The smallest absolute Gasteiger partial charge is 0.158 e. The molecule has 0 aliphatic carbocycles. The zero-order valence-electron chi connectivity index (χ0n) is 11.2. The number of carbonyl (C=O) groups excluding carboxylic acids is 1. The minimum atomic E-state index is -0.131. The van der Waals surface area contributed by atoms with Gasteiger partial charge in [-0.05, 0) is 28.7 Å². The highest BCUT2D eigenvalue weighted by molar-refractivity contribution is 14.1. The van der Waals surface area contributed by atoms with Crippen LogP contribution in [0.25, 0.3) is 0 Å². The molecule has 0 saturated heterocycles. The van der Waals surface area contributed by atoms with Crippen molar-refractivity contribution < 1.29 is 4.79 Å². The van der Waals surface area contributed by atoms with Crippen molar-refractivity contribution in [3.8, 4) is 0 Å². The highest BCUT2D eigenvalue weighted by Gasteiger charge is 2.19. The molecule has 0 heterocycles. The lowest BCUT2D eigenvalue weighted by Crippen LogP contribution is -2.17. The Labute approximate surface area is 133 Å². The normalized spacial score (nSPS) is 12.8. The van der Waals surface area contributed by atoms with Gasteiger partial charge in [-0.3, -0.25) is 4.79 Å². The predicted molar refractivity (Wildman–Crippen MR) is 92.0 cm³/mol. The van der Waals surface area contributed by atoms with E-state index < -0.39 is 0 Å². The second-order valence-corrected chi connectivity index (χ2v) is 5.10. The highest BCUT2D eigenvalue weighted by atomic mass is 127. The number of benzene rings is 2. The van der Waals surface area contributed by atoms with E-state index in [2.05, 4.69) is 27.9 Å². The van der Waals surface area contributed by atoms with Crippen LogP contribution < -0.4 is 5.32 Å². The fourth-order valence-corrected chi connectivity index (χ4v) is 2.83. The number of rotatable bonds is 5. The quantitative estimate of drug-likeness (QED) is 0.602. The van der Waals surface area contributed by atoms with E-state index in [0.29, 0.717) is 0 Å². The summed E-state index contributed by atoms with van der Waals surface area (Å²) in [5, 5.41) is 3.43. The Morgan fingerprint density at radius 1 is 1.05 bits per heavy atom. The van der Waals surface area contributed by atoms with Crippen LogP contribution in [0.1, 0.15) is 18.5 Å². The topological polar surface area (TPSA) is 29.1 Å². The fourth-order valence-electron chi connectivity index (χ4n) is 2.03. The molecular formula is C17H16INO. The lowest BCUT2D eigenvalue weighted by Gasteiger charge is -2.21. The maximum Gasteiger partial charge on any atom is 0.158 e. The summed E-state index contributed by atoms with van der Waals surface area (Å²) < 4.78 is 1.85. The van der Waals surface area contributed by atoms with E-state index >= 15 is 0 Å². The van der Waals surface area contributed by atoms with Crippen LogP contribution in [0.3, 0.4) is 0 Å². The van der Waals surface area contributed by atoms with E-state index in [1.54, 1.807) is 6.92 Å². The number of ketones is 1. The highest BCUT2D eigenvalue weighted by Crippen LogP contribution is 2.27. The SMILES string of the molecule is CC(=O)/C(=C/I)C(Nc1ccccc1)c1ccccc1. The van der Waals surface area contributed by atoms with E-state index in [1.807, 2.05) is 64.7 Å². The van der Waals surface area contributed by atoms with E-state index in [4.69, 9.17) is 0 Å². The average Bonchev–Trinajstić information content (AvgIpc) is 2.48. The second-order valence-electron chi connectivity index (χ2n) is 4.47. The number of nitrogens with one attached hydrogen (secondary N) is 1. The molecule has 2 aromatic rings. The van der Waals surface area contributed by atoms with Crippen LogP contribution in [-0.2, 0) is 4.79 Å². The maximum atomic E-state index is 11.9. The summed E-state index contributed by atoms with van der Waals surface area (Å²) in [5.74, 6) is 0.0803. The summed E-state index contributed by atoms with van der Waals surface area (Å²) >= 11 is 2.13. The van der Waals surface area contributed by atoms with Crippen LogP contribution in [0.2, 0.25) is 0 Å². The molecule has 0 saturated carbocycles. The van der Waals surface area contributed by atoms with Crippen LogP contribution in [-0.4, -0.2) is 5.78 Å². The minimum absolute atomic E-state index is 0.0803. The standard InChI is InChI=1S/C17H16INO/c1-13(20)16(12-18)17(14-8-4-2-5-9-14)19-15-10-6-3-7-11-15/h2-12,17,19H,1H3/b16-12-. The summed E-state index contributed by atoms with van der Waals surface area (Å²) in [7, 11) is 0. The first-order valence-corrected chi connectivity index (χ1v) is 7.64. The molecule has 1 atom stereocenters. The van der Waals surface area contributed by atoms with Gasteiger partial charge < -0.3 is 5.32 Å². The van der Waals surface area contributed by atoms with E-state index in [0.717, 1.165) is 16.8 Å². The molecule has 1 unspecified atom stereocenters. The van der Waals surface area contributed by atoms with Crippen molar-refractivity contribution in [2.45, 2.75) is 13.0 Å². The van der Waals surface area contributed by atoms with Gasteiger partial charge in [-0.25, -0.2) is 0 Å². The molecular weight excluding hydrogens is 361 g/mol. The molecule has 2 rings (SSSR count). The van der Waals surface area contributed by atoms with E-state index in [1.165, 1.54) is 0 Å². The largest absolute Gasteiger partial charge is 0.374 e. The van der Waals surface area contributed by atoms with Gasteiger partial charge in [0.1, 0.15) is 0 Å². The predicted octanol–water partition coefficient (Wildman–Crippen LogP) is 4.75. The Hall–Kier alpha value is -1.62. The zero-order valence-corrected chi connectivity index (χ0v) is 13.4. The number of anilines is 1. The van der Waals surface area contributed by atoms with Gasteiger partial charge in [0.2, 0.25) is 0 Å². The van der Waals surface area contributed by atoms with Crippen molar-refractivity contribution in [2.24, 2.45) is 0 Å². The summed E-state index contributed by atoms with van der Waals surface area (Å²) in [6.45, 7) is 1.60. The fraction of sp³-hybridized carbons (Fsp3) is 0.118. The van der Waals surface area contributed by atoms with Gasteiger partial charge in [0.25, 0.3) is 0 Å². The minimum Gasteiger partial charge on any atom is -0.374 e. The first-order chi connectivity index (χ1) is 9.72. The van der Waals surface area contributed by atoms with Crippen LogP contribution in [0, 0.1) is 0 Å². The molecule has 0 amide bonds. The molecule has 0 fully saturated rings. The third kappa shape index (κ3) is 3.70. The monoisotopic (exact) mass is 377 g/mol. The van der Waals surface area contributed by atoms with Gasteiger partial charge >= 0.3 is 0 Å². The lowest BCUT2D eigenvalue weighted by molar-refractivity contribution is -0.113. The van der Waals surface area contributed by atoms with E-state index in [-0.39, 0.29) is 11.8 Å². The van der Waals surface area contributed by atoms with E-state index in [9.17, 15) is 4.79 Å². The summed E-state index contributed by atoms with van der Waals surface area (Å²) in [4.78, 5) is 11.9. The van der Waals surface area contributed by atoms with Crippen LogP contribution >= 0.6 is 22.6 Å². The van der Waals surface area contributed by atoms with Gasteiger partial charge in [0.05, 0.1) is 6.04 Å². The molecule has 2 nitrogen and oxygen atoms in total. The first-order valence-electron chi connectivity index (χ1n) is 6.40. The van der Waals surface area contributed by atoms with Gasteiger partial charge in [-0.15, -0.1) is 0 Å². The molecule has 0 aromatic heterocycles. The van der Waals surface area contributed by atoms with Crippen molar-refractivity contribution in [2.75, 3.05) is 5.32 Å². The van der Waals surface area contributed by atoms with Crippen LogP contribution in [0.15, 0.2) is 70.3 Å². The number of hydrogen-bond acceptors (Lipinski definition) is 2. The molecule has 0 bridgehead atoms. The van der Waals surface area contributed by atoms with Gasteiger partial charge in [-0.1, -0.05) is 71.1 Å². The zero-order chi connectivity index (χ0) is 14.4. The number of hydrogen-bond donors (Lipinski definition) is 1. The molecule has 0 radical (unpaired) electrons. The Balaban J connectivity index is 2.37. The summed E-state index contributed by atoms with van der Waals surface area (Å²) in [5.41, 5.74) is 2.84. The number of carbonyl (C=O) groups is 1. The van der Waals surface area contributed by atoms with Gasteiger partial charge in [0.15, 0.2) is 5.78 Å². The van der Waals surface area contributed by atoms with Gasteiger partial charge in [-0.2, -0.15) is 0 Å². The number of Topliss-reactive ketones (excluding diaryl/α,β-unsaturated/α-hetero) is 1.